The monoisotopic (exact) mass is 395 g/mol. The zero-order valence-electron chi connectivity index (χ0n) is 17.2. The van der Waals surface area contributed by atoms with Gasteiger partial charge in [-0.05, 0) is 42.9 Å². The van der Waals surface area contributed by atoms with Crippen LogP contribution in [0.3, 0.4) is 0 Å². The lowest BCUT2D eigenvalue weighted by molar-refractivity contribution is -0.132. The second-order valence-electron chi connectivity index (χ2n) is 7.14. The molecule has 1 heterocycles. The molecule has 1 saturated heterocycles. The summed E-state index contributed by atoms with van der Waals surface area (Å²) in [6, 6.07) is 16.9. The Morgan fingerprint density at radius 1 is 0.931 bits per heavy atom. The van der Waals surface area contributed by atoms with Crippen LogP contribution < -0.4 is 9.64 Å². The van der Waals surface area contributed by atoms with Crippen LogP contribution in [0.4, 0.5) is 5.69 Å². The summed E-state index contributed by atoms with van der Waals surface area (Å²) < 4.78 is 5.80. The normalized spacial score (nSPS) is 14.5. The fourth-order valence-electron chi connectivity index (χ4n) is 3.47. The second-order valence-corrected chi connectivity index (χ2v) is 7.14. The summed E-state index contributed by atoms with van der Waals surface area (Å²) in [7, 11) is 0. The Balaban J connectivity index is 1.56. The van der Waals surface area contributed by atoms with E-state index in [1.165, 1.54) is 6.92 Å². The third kappa shape index (κ3) is 5.81. The maximum Gasteiger partial charge on any atom is 0.224 e. The number of hydrogen-bond donors (Lipinski definition) is 0. The van der Waals surface area contributed by atoms with E-state index in [0.29, 0.717) is 18.7 Å². The van der Waals surface area contributed by atoms with Gasteiger partial charge in [0.15, 0.2) is 0 Å². The molecule has 0 saturated carbocycles. The third-order valence-electron chi connectivity index (χ3n) is 5.23. The van der Waals surface area contributed by atoms with Crippen molar-refractivity contribution in [3.8, 4) is 11.5 Å². The highest BCUT2D eigenvalue weighted by atomic mass is 16.5. The van der Waals surface area contributed by atoms with E-state index in [1.54, 1.807) is 4.90 Å². The Kier molecular flexibility index (Phi) is 7.25. The number of benzene rings is 2. The number of amides is 2. The average molecular weight is 396 g/mol. The van der Waals surface area contributed by atoms with Crippen LogP contribution >= 0.6 is 0 Å². The van der Waals surface area contributed by atoms with Gasteiger partial charge in [0.25, 0.3) is 0 Å². The van der Waals surface area contributed by atoms with Gasteiger partial charge in [-0.2, -0.15) is 0 Å². The molecule has 1 fully saturated rings. The molecule has 154 valence electrons. The maximum atomic E-state index is 12.6. The molecule has 1 aliphatic heterocycles. The van der Waals surface area contributed by atoms with Crippen molar-refractivity contribution in [3.63, 3.8) is 0 Å². The third-order valence-corrected chi connectivity index (χ3v) is 5.23. The second kappa shape index (κ2) is 10.1. The van der Waals surface area contributed by atoms with Crippen LogP contribution in [0, 0.1) is 0 Å². The van der Waals surface area contributed by atoms with Gasteiger partial charge in [0.1, 0.15) is 11.5 Å². The summed E-state index contributed by atoms with van der Waals surface area (Å²) in [6.07, 6.45) is 0.327. The summed E-state index contributed by atoms with van der Waals surface area (Å²) in [5, 5.41) is 0. The van der Waals surface area contributed by atoms with E-state index in [4.69, 9.17) is 4.74 Å². The number of nitrogens with zero attached hydrogens (tertiary/aromatic N) is 3. The summed E-state index contributed by atoms with van der Waals surface area (Å²) in [4.78, 5) is 30.6. The standard InChI is InChI=1S/C23H29N3O3/c1-3-24-15-17-25(18-16-24)23(28)13-14-26(19(2)27)20-9-11-22(12-10-20)29-21-7-5-4-6-8-21/h4-12H,3,13-18H2,1-2H3. The van der Waals surface area contributed by atoms with Crippen LogP contribution in [0.25, 0.3) is 0 Å². The Morgan fingerprint density at radius 3 is 2.14 bits per heavy atom. The maximum absolute atomic E-state index is 12.6. The Hall–Kier alpha value is -2.86. The van der Waals surface area contributed by atoms with E-state index in [0.717, 1.165) is 44.2 Å². The molecule has 29 heavy (non-hydrogen) atoms. The average Bonchev–Trinajstić information content (AvgIpc) is 2.75. The minimum absolute atomic E-state index is 0.0784. The van der Waals surface area contributed by atoms with Gasteiger partial charge >= 0.3 is 0 Å². The molecule has 3 rings (SSSR count). The lowest BCUT2D eigenvalue weighted by atomic mass is 10.2. The minimum Gasteiger partial charge on any atom is -0.457 e. The van der Waals surface area contributed by atoms with Gasteiger partial charge in [0.05, 0.1) is 0 Å². The SMILES string of the molecule is CCN1CCN(C(=O)CCN(C(C)=O)c2ccc(Oc3ccccc3)cc2)CC1. The highest BCUT2D eigenvalue weighted by Gasteiger charge is 2.21. The number of likely N-dealkylation sites (N-methyl/N-ethyl adjacent to an activating group) is 1. The number of ether oxygens (including phenoxy) is 1. The topological polar surface area (TPSA) is 53.1 Å². The molecule has 0 aromatic heterocycles. The molecule has 2 amide bonds. The van der Waals surface area contributed by atoms with Crippen molar-refractivity contribution in [1.29, 1.82) is 0 Å². The molecule has 1 aliphatic rings. The van der Waals surface area contributed by atoms with Crippen molar-refractivity contribution in [1.82, 2.24) is 9.80 Å². The molecule has 0 unspecified atom stereocenters. The van der Waals surface area contributed by atoms with Gasteiger partial charge in [-0.25, -0.2) is 0 Å². The van der Waals surface area contributed by atoms with E-state index in [2.05, 4.69) is 11.8 Å². The number of rotatable bonds is 7. The number of piperazine rings is 1. The first-order valence-corrected chi connectivity index (χ1v) is 10.2. The summed E-state index contributed by atoms with van der Waals surface area (Å²) in [5.74, 6) is 1.49. The lowest BCUT2D eigenvalue weighted by Crippen LogP contribution is -2.49. The van der Waals surface area contributed by atoms with Gasteiger partial charge in [-0.1, -0.05) is 25.1 Å². The summed E-state index contributed by atoms with van der Waals surface area (Å²) in [6.45, 7) is 8.42. The molecule has 0 N–H and O–H groups in total. The zero-order valence-corrected chi connectivity index (χ0v) is 17.2. The fourth-order valence-corrected chi connectivity index (χ4v) is 3.47. The fraction of sp³-hybridized carbons (Fsp3) is 0.391. The van der Waals surface area contributed by atoms with Gasteiger partial charge in [-0.15, -0.1) is 0 Å². The quantitative estimate of drug-likeness (QED) is 0.721. The Bertz CT molecular complexity index is 800. The molecule has 0 aliphatic carbocycles. The zero-order chi connectivity index (χ0) is 20.6. The number of anilines is 1. The Morgan fingerprint density at radius 2 is 1.55 bits per heavy atom. The van der Waals surface area contributed by atoms with E-state index in [-0.39, 0.29) is 11.8 Å². The molecular formula is C23H29N3O3. The summed E-state index contributed by atoms with van der Waals surface area (Å²) in [5.41, 5.74) is 0.765. The molecular weight excluding hydrogens is 366 g/mol. The molecule has 0 radical (unpaired) electrons. The molecule has 6 nitrogen and oxygen atoms in total. The van der Waals surface area contributed by atoms with Crippen LogP contribution in [0.5, 0.6) is 11.5 Å². The van der Waals surface area contributed by atoms with Crippen LogP contribution in [0.2, 0.25) is 0 Å². The van der Waals surface area contributed by atoms with Crippen molar-refractivity contribution in [2.75, 3.05) is 44.2 Å². The van der Waals surface area contributed by atoms with E-state index < -0.39 is 0 Å². The molecule has 0 spiro atoms. The van der Waals surface area contributed by atoms with E-state index in [9.17, 15) is 9.59 Å². The van der Waals surface area contributed by atoms with Gasteiger partial charge < -0.3 is 19.4 Å². The van der Waals surface area contributed by atoms with Crippen LogP contribution in [0.15, 0.2) is 54.6 Å². The van der Waals surface area contributed by atoms with Gasteiger partial charge in [0, 0.05) is 51.8 Å². The van der Waals surface area contributed by atoms with Crippen LogP contribution in [-0.4, -0.2) is 60.9 Å². The van der Waals surface area contributed by atoms with Crippen molar-refractivity contribution in [2.24, 2.45) is 0 Å². The van der Waals surface area contributed by atoms with Crippen LogP contribution in [-0.2, 0) is 9.59 Å². The van der Waals surface area contributed by atoms with Crippen molar-refractivity contribution in [3.05, 3.63) is 54.6 Å². The van der Waals surface area contributed by atoms with Gasteiger partial charge in [0.2, 0.25) is 11.8 Å². The van der Waals surface area contributed by atoms with E-state index in [1.807, 2.05) is 59.5 Å². The summed E-state index contributed by atoms with van der Waals surface area (Å²) >= 11 is 0. The highest BCUT2D eigenvalue weighted by molar-refractivity contribution is 5.92. The largest absolute Gasteiger partial charge is 0.457 e. The van der Waals surface area contributed by atoms with Crippen molar-refractivity contribution in [2.45, 2.75) is 20.3 Å². The number of hydrogen-bond acceptors (Lipinski definition) is 4. The molecule has 0 bridgehead atoms. The van der Waals surface area contributed by atoms with Gasteiger partial charge in [-0.3, -0.25) is 9.59 Å². The minimum atomic E-state index is -0.0784. The predicted molar refractivity (Wildman–Crippen MR) is 114 cm³/mol. The van der Waals surface area contributed by atoms with Crippen LogP contribution in [0.1, 0.15) is 20.3 Å². The van der Waals surface area contributed by atoms with E-state index >= 15 is 0 Å². The molecule has 0 atom stereocenters. The molecule has 6 heteroatoms. The van der Waals surface area contributed by atoms with Crippen molar-refractivity contribution >= 4 is 17.5 Å². The molecule has 2 aromatic rings. The number of para-hydroxylation sites is 1. The predicted octanol–water partition coefficient (Wildman–Crippen LogP) is 3.39. The smallest absolute Gasteiger partial charge is 0.224 e. The lowest BCUT2D eigenvalue weighted by Gasteiger charge is -2.34. The first-order chi connectivity index (χ1) is 14.1. The highest BCUT2D eigenvalue weighted by Crippen LogP contribution is 2.24. The Labute approximate surface area is 172 Å². The first kappa shape index (κ1) is 20.9. The van der Waals surface area contributed by atoms with Crippen molar-refractivity contribution < 1.29 is 14.3 Å². The molecule has 2 aromatic carbocycles. The first-order valence-electron chi connectivity index (χ1n) is 10.2. The number of carbonyl (C=O) groups excluding carboxylic acids is 2. The number of carbonyl (C=O) groups is 2.